The van der Waals surface area contributed by atoms with E-state index in [2.05, 4.69) is 15.9 Å². The first-order valence-corrected chi connectivity index (χ1v) is 7.87. The number of rotatable bonds is 1. The standard InChI is InChI=1S/C15H10BrClFNO2/c16-9-4-8(18)5-10(17)13(9)19-14(20)11-6-1-2-7(3-6)12(11)15(19)21/h1-2,4-7,11-12H,3H2. The number of benzene rings is 1. The topological polar surface area (TPSA) is 37.4 Å². The van der Waals surface area contributed by atoms with E-state index >= 15 is 0 Å². The number of hydrogen-bond acceptors (Lipinski definition) is 2. The monoisotopic (exact) mass is 369 g/mol. The molecule has 2 aliphatic carbocycles. The molecule has 1 aromatic rings. The molecule has 1 saturated carbocycles. The lowest BCUT2D eigenvalue weighted by Gasteiger charge is -2.20. The molecule has 6 heteroatoms. The molecule has 0 aromatic heterocycles. The molecule has 3 nitrogen and oxygen atoms in total. The second kappa shape index (κ2) is 4.40. The maximum atomic E-state index is 13.3. The lowest BCUT2D eigenvalue weighted by atomic mass is 9.85. The van der Waals surface area contributed by atoms with Crippen LogP contribution in [0.25, 0.3) is 0 Å². The normalized spacial score (nSPS) is 33.2. The third-order valence-corrected chi connectivity index (χ3v) is 5.57. The summed E-state index contributed by atoms with van der Waals surface area (Å²) < 4.78 is 13.7. The van der Waals surface area contributed by atoms with Gasteiger partial charge in [-0.05, 0) is 46.3 Å². The zero-order valence-corrected chi connectivity index (χ0v) is 13.1. The molecule has 2 fully saturated rings. The predicted octanol–water partition coefficient (Wildman–Crippen LogP) is 3.55. The van der Waals surface area contributed by atoms with E-state index < -0.39 is 5.82 Å². The van der Waals surface area contributed by atoms with Gasteiger partial charge in [-0.15, -0.1) is 0 Å². The van der Waals surface area contributed by atoms with Crippen LogP contribution in [0.2, 0.25) is 5.02 Å². The third-order valence-electron chi connectivity index (χ3n) is 4.68. The van der Waals surface area contributed by atoms with Gasteiger partial charge in [0.25, 0.3) is 0 Å². The fraction of sp³-hybridized carbons (Fsp3) is 0.333. The van der Waals surface area contributed by atoms with Gasteiger partial charge in [0.1, 0.15) is 5.82 Å². The molecular formula is C15H10BrClFNO2. The summed E-state index contributed by atoms with van der Waals surface area (Å²) >= 11 is 9.26. The molecule has 4 rings (SSSR count). The molecule has 108 valence electrons. The van der Waals surface area contributed by atoms with Gasteiger partial charge in [0.15, 0.2) is 0 Å². The predicted molar refractivity (Wildman–Crippen MR) is 79.3 cm³/mol. The Morgan fingerprint density at radius 2 is 1.71 bits per heavy atom. The quantitative estimate of drug-likeness (QED) is 0.560. The Morgan fingerprint density at radius 3 is 2.24 bits per heavy atom. The highest BCUT2D eigenvalue weighted by Crippen LogP contribution is 2.54. The Labute approximate surface area is 133 Å². The molecule has 1 aliphatic heterocycles. The Bertz CT molecular complexity index is 667. The number of amides is 2. The minimum atomic E-state index is -0.517. The minimum absolute atomic E-state index is 0.0591. The SMILES string of the molecule is O=C1C2C3C=CC(C3)C2C(=O)N1c1c(Cl)cc(F)cc1Br. The summed E-state index contributed by atoms with van der Waals surface area (Å²) in [4.78, 5) is 26.5. The Hall–Kier alpha value is -1.20. The van der Waals surface area contributed by atoms with Crippen LogP contribution in [-0.2, 0) is 9.59 Å². The zero-order valence-electron chi connectivity index (χ0n) is 10.7. The number of nitrogens with zero attached hydrogens (tertiary/aromatic N) is 1. The number of carbonyl (C=O) groups excluding carboxylic acids is 2. The largest absolute Gasteiger partial charge is 0.274 e. The Kier molecular flexibility index (Phi) is 2.82. The van der Waals surface area contributed by atoms with Crippen molar-refractivity contribution in [3.8, 4) is 0 Å². The summed E-state index contributed by atoms with van der Waals surface area (Å²) in [5.74, 6) is -1.27. The first-order valence-electron chi connectivity index (χ1n) is 6.69. The average molecular weight is 371 g/mol. The molecule has 2 amide bonds. The second-order valence-corrected chi connectivity index (χ2v) is 6.99. The first kappa shape index (κ1) is 13.5. The van der Waals surface area contributed by atoms with Crippen molar-refractivity contribution in [3.05, 3.63) is 39.6 Å². The smallest absolute Gasteiger partial charge is 0.238 e. The van der Waals surface area contributed by atoms with E-state index in [1.807, 2.05) is 12.2 Å². The summed E-state index contributed by atoms with van der Waals surface area (Å²) in [7, 11) is 0. The van der Waals surface area contributed by atoms with Crippen molar-refractivity contribution in [1.82, 2.24) is 0 Å². The Balaban J connectivity index is 1.82. The highest BCUT2D eigenvalue weighted by atomic mass is 79.9. The first-order chi connectivity index (χ1) is 9.99. The zero-order chi connectivity index (χ0) is 14.9. The van der Waals surface area contributed by atoms with Crippen LogP contribution in [0.3, 0.4) is 0 Å². The van der Waals surface area contributed by atoms with Crippen molar-refractivity contribution < 1.29 is 14.0 Å². The number of imide groups is 1. The van der Waals surface area contributed by atoms with E-state index in [1.54, 1.807) is 0 Å². The fourth-order valence-corrected chi connectivity index (χ4v) is 4.89. The van der Waals surface area contributed by atoms with Gasteiger partial charge < -0.3 is 0 Å². The molecule has 21 heavy (non-hydrogen) atoms. The number of hydrogen-bond donors (Lipinski definition) is 0. The van der Waals surface area contributed by atoms with E-state index in [9.17, 15) is 14.0 Å². The maximum Gasteiger partial charge on any atom is 0.238 e. The Morgan fingerprint density at radius 1 is 1.14 bits per heavy atom. The molecule has 0 spiro atoms. The van der Waals surface area contributed by atoms with Crippen LogP contribution >= 0.6 is 27.5 Å². The average Bonchev–Trinajstić information content (AvgIpc) is 3.06. The van der Waals surface area contributed by atoms with Crippen LogP contribution in [0.15, 0.2) is 28.8 Å². The van der Waals surface area contributed by atoms with Crippen LogP contribution in [-0.4, -0.2) is 11.8 Å². The van der Waals surface area contributed by atoms with E-state index in [0.717, 1.165) is 17.4 Å². The van der Waals surface area contributed by atoms with Crippen LogP contribution in [0.5, 0.6) is 0 Å². The molecule has 4 unspecified atom stereocenters. The number of fused-ring (bicyclic) bond motifs is 5. The van der Waals surface area contributed by atoms with Gasteiger partial charge in [-0.2, -0.15) is 0 Å². The minimum Gasteiger partial charge on any atom is -0.274 e. The van der Waals surface area contributed by atoms with Crippen LogP contribution in [0, 0.1) is 29.5 Å². The molecule has 2 bridgehead atoms. The summed E-state index contributed by atoms with van der Waals surface area (Å²) in [6.07, 6.45) is 4.93. The number of anilines is 1. The highest BCUT2D eigenvalue weighted by molar-refractivity contribution is 9.10. The molecule has 3 aliphatic rings. The summed E-state index contributed by atoms with van der Waals surface area (Å²) in [5.41, 5.74) is 0.252. The third kappa shape index (κ3) is 1.70. The van der Waals surface area contributed by atoms with Gasteiger partial charge in [-0.25, -0.2) is 9.29 Å². The van der Waals surface area contributed by atoms with E-state index in [1.165, 1.54) is 6.07 Å². The highest BCUT2D eigenvalue weighted by Gasteiger charge is 2.60. The summed E-state index contributed by atoms with van der Waals surface area (Å²) in [6, 6.07) is 2.33. The summed E-state index contributed by atoms with van der Waals surface area (Å²) in [6.45, 7) is 0. The van der Waals surface area contributed by atoms with Gasteiger partial charge >= 0.3 is 0 Å². The van der Waals surface area contributed by atoms with Gasteiger partial charge in [-0.1, -0.05) is 23.8 Å². The molecule has 0 N–H and O–H groups in total. The molecule has 1 aromatic carbocycles. The van der Waals surface area contributed by atoms with Crippen LogP contribution in [0.1, 0.15) is 6.42 Å². The lowest BCUT2D eigenvalue weighted by molar-refractivity contribution is -0.123. The molecular weight excluding hydrogens is 361 g/mol. The van der Waals surface area contributed by atoms with E-state index in [0.29, 0.717) is 4.47 Å². The maximum absolute atomic E-state index is 13.3. The van der Waals surface area contributed by atoms with E-state index in [-0.39, 0.29) is 46.2 Å². The van der Waals surface area contributed by atoms with Crippen LogP contribution in [0.4, 0.5) is 10.1 Å². The molecule has 0 radical (unpaired) electrons. The van der Waals surface area contributed by atoms with Crippen molar-refractivity contribution in [2.24, 2.45) is 23.7 Å². The van der Waals surface area contributed by atoms with E-state index in [4.69, 9.17) is 11.6 Å². The fourth-order valence-electron chi connectivity index (χ4n) is 3.87. The molecule has 4 atom stereocenters. The van der Waals surface area contributed by atoms with Gasteiger partial charge in [0.2, 0.25) is 11.8 Å². The van der Waals surface area contributed by atoms with Crippen molar-refractivity contribution in [1.29, 1.82) is 0 Å². The lowest BCUT2D eigenvalue weighted by Crippen LogP contribution is -2.33. The van der Waals surface area contributed by atoms with Crippen molar-refractivity contribution >= 4 is 45.0 Å². The second-order valence-electron chi connectivity index (χ2n) is 5.73. The number of allylic oxidation sites excluding steroid dienone is 2. The van der Waals surface area contributed by atoms with Gasteiger partial charge in [0.05, 0.1) is 22.5 Å². The van der Waals surface area contributed by atoms with Gasteiger partial charge in [0, 0.05) is 4.47 Å². The summed E-state index contributed by atoms with van der Waals surface area (Å²) in [5, 5.41) is 0.0591. The van der Waals surface area contributed by atoms with Crippen molar-refractivity contribution in [2.45, 2.75) is 6.42 Å². The van der Waals surface area contributed by atoms with Crippen molar-refractivity contribution in [3.63, 3.8) is 0 Å². The van der Waals surface area contributed by atoms with Crippen LogP contribution < -0.4 is 4.90 Å². The van der Waals surface area contributed by atoms with Gasteiger partial charge in [-0.3, -0.25) is 9.59 Å². The molecule has 1 heterocycles. The number of halogens is 3. The van der Waals surface area contributed by atoms with Crippen molar-refractivity contribution in [2.75, 3.05) is 4.90 Å². The number of carbonyl (C=O) groups is 2. The molecule has 1 saturated heterocycles.